The van der Waals surface area contributed by atoms with Gasteiger partial charge in [-0.05, 0) is 173 Å². The minimum atomic E-state index is 0.713. The van der Waals surface area contributed by atoms with Crippen LogP contribution in [0, 0.1) is 0 Å². The maximum Gasteiger partial charge on any atom is 0.160 e. The number of benzene rings is 16. The van der Waals surface area contributed by atoms with Crippen molar-refractivity contribution < 1.29 is 0 Å². The summed E-state index contributed by atoms with van der Waals surface area (Å²) in [6.07, 6.45) is 0. The smallest absolute Gasteiger partial charge is 0.160 e. The molecule has 0 radical (unpaired) electrons. The molecule has 16 aromatic carbocycles. The van der Waals surface area contributed by atoms with Crippen molar-refractivity contribution in [1.29, 1.82) is 0 Å². The van der Waals surface area contributed by atoms with Gasteiger partial charge in [0, 0.05) is 93.7 Å². The average molecular weight is 1430 g/mol. The molecule has 0 spiro atoms. The van der Waals surface area contributed by atoms with E-state index in [0.717, 1.165) is 73.1 Å². The quantitative estimate of drug-likeness (QED) is 0.122. The van der Waals surface area contributed by atoms with Crippen LogP contribution >= 0.6 is 0 Å². The zero-order chi connectivity index (χ0) is 74.0. The fraction of sp³-hybridized carbons (Fsp3) is 0. The van der Waals surface area contributed by atoms with Crippen LogP contribution in [0.25, 0.3) is 200 Å². The van der Waals surface area contributed by atoms with E-state index in [1.165, 1.54) is 121 Å². The lowest BCUT2D eigenvalue weighted by molar-refractivity contribution is 1.17. The summed E-state index contributed by atoms with van der Waals surface area (Å²) < 4.78 is 9.51. The summed E-state index contributed by atoms with van der Waals surface area (Å²) in [5.74, 6) is 0.713. The third-order valence-corrected chi connectivity index (χ3v) is 22.1. The Bertz CT molecular complexity index is 6750. The van der Waals surface area contributed by atoms with Gasteiger partial charge in [-0.3, -0.25) is 0 Å². The van der Waals surface area contributed by atoms with Gasteiger partial charge in [0.1, 0.15) is 0 Å². The summed E-state index contributed by atoms with van der Waals surface area (Å²) in [5.41, 5.74) is 30.2. The number of para-hydroxylation sites is 6. The topological polar surface area (TPSA) is 58.4 Å². The van der Waals surface area contributed by atoms with E-state index in [0.29, 0.717) is 5.82 Å². The number of fused-ring (bicyclic) bond motifs is 12. The van der Waals surface area contributed by atoms with Gasteiger partial charge in [-0.25, -0.2) is 15.0 Å². The molecule has 0 aliphatic carbocycles. The van der Waals surface area contributed by atoms with Crippen molar-refractivity contribution in [3.8, 4) is 113 Å². The van der Waals surface area contributed by atoms with Crippen LogP contribution in [-0.2, 0) is 0 Å². The van der Waals surface area contributed by atoms with E-state index in [9.17, 15) is 0 Å². The van der Waals surface area contributed by atoms with Crippen LogP contribution in [0.3, 0.4) is 0 Å². The second kappa shape index (κ2) is 27.6. The molecule has 0 fully saturated rings. The molecule has 112 heavy (non-hydrogen) atoms. The Kier molecular flexibility index (Phi) is 16.1. The number of hydrogen-bond acceptors (Lipinski definition) is 3. The van der Waals surface area contributed by atoms with E-state index < -0.39 is 0 Å². The molecule has 22 aromatic rings. The number of hydrogen-bond donors (Lipinski definition) is 0. The molecule has 0 aliphatic heterocycles. The van der Waals surface area contributed by atoms with Crippen molar-refractivity contribution in [1.82, 2.24) is 33.2 Å². The van der Waals surface area contributed by atoms with Crippen molar-refractivity contribution in [2.45, 2.75) is 0 Å². The van der Waals surface area contributed by atoms with Crippen LogP contribution in [0.2, 0.25) is 0 Å². The number of rotatable bonds is 12. The molecule has 7 heteroatoms. The van der Waals surface area contributed by atoms with E-state index in [-0.39, 0.29) is 0 Å². The summed E-state index contributed by atoms with van der Waals surface area (Å²) in [4.78, 5) is 15.1. The predicted molar refractivity (Wildman–Crippen MR) is 467 cm³/mol. The van der Waals surface area contributed by atoms with Crippen LogP contribution < -0.4 is 0 Å². The second-order valence-corrected chi connectivity index (χ2v) is 28.7. The molecule has 0 saturated heterocycles. The molecule has 0 bridgehead atoms. The molecule has 0 unspecified atom stereocenters. The summed E-state index contributed by atoms with van der Waals surface area (Å²) >= 11 is 0. The van der Waals surface area contributed by atoms with Crippen molar-refractivity contribution in [2.75, 3.05) is 0 Å². The van der Waals surface area contributed by atoms with Crippen LogP contribution in [0.15, 0.2) is 419 Å². The lowest BCUT2D eigenvalue weighted by atomic mass is 9.99. The standard InChI is InChI=1S/C53H35N3.C52H34N4/c1-4-14-37(15-5-1)48-34-41(35-49(54-48)38-16-6-2-7-17-38)36-24-28-43(29-25-36)56-51-23-13-11-21-45(51)47-33-40(27-31-53(47)56)39-26-30-52-46(32-39)44-20-10-12-22-50(44)55(52)42-18-8-3-9-19-42;1-4-14-35(15-5-1)46-34-47(54-52(53-46)37-16-6-2-7-17-37)36-24-28-41(29-25-36)56-49-23-13-11-21-43(49)45-33-39(27-31-51(45)56)38-26-30-50-44(32-38)42-20-10-12-22-48(42)55(50)40-18-8-3-9-19-40/h1-35H;1-34H. The first-order chi connectivity index (χ1) is 55.5. The van der Waals surface area contributed by atoms with Gasteiger partial charge in [0.25, 0.3) is 0 Å². The van der Waals surface area contributed by atoms with Crippen molar-refractivity contribution in [2.24, 2.45) is 0 Å². The third-order valence-electron chi connectivity index (χ3n) is 22.1. The van der Waals surface area contributed by atoms with Crippen LogP contribution in [0.1, 0.15) is 0 Å². The first-order valence-electron chi connectivity index (χ1n) is 38.1. The molecular weight excluding hydrogens is 1360 g/mol. The Balaban J connectivity index is 0.000000141. The van der Waals surface area contributed by atoms with Crippen molar-refractivity contribution >= 4 is 87.2 Å². The van der Waals surface area contributed by atoms with Gasteiger partial charge in [0.2, 0.25) is 0 Å². The molecule has 6 heterocycles. The van der Waals surface area contributed by atoms with E-state index in [4.69, 9.17) is 15.0 Å². The first kappa shape index (κ1) is 65.3. The number of nitrogens with zero attached hydrogens (tertiary/aromatic N) is 7. The van der Waals surface area contributed by atoms with Gasteiger partial charge in [-0.2, -0.15) is 0 Å². The van der Waals surface area contributed by atoms with Crippen molar-refractivity contribution in [3.63, 3.8) is 0 Å². The fourth-order valence-corrected chi connectivity index (χ4v) is 16.7. The molecule has 22 rings (SSSR count). The molecule has 0 aliphatic rings. The number of pyridine rings is 1. The number of aromatic nitrogens is 7. The third kappa shape index (κ3) is 11.6. The average Bonchev–Trinajstić information content (AvgIpc) is 1.59. The van der Waals surface area contributed by atoms with E-state index >= 15 is 0 Å². The maximum atomic E-state index is 5.09. The lowest BCUT2D eigenvalue weighted by Crippen LogP contribution is -1.97. The van der Waals surface area contributed by atoms with Crippen molar-refractivity contribution in [3.05, 3.63) is 419 Å². The molecule has 524 valence electrons. The van der Waals surface area contributed by atoms with Gasteiger partial charge in [0.15, 0.2) is 5.82 Å². The monoisotopic (exact) mass is 1430 g/mol. The van der Waals surface area contributed by atoms with Gasteiger partial charge >= 0.3 is 0 Å². The van der Waals surface area contributed by atoms with Crippen LogP contribution in [-0.4, -0.2) is 33.2 Å². The van der Waals surface area contributed by atoms with Gasteiger partial charge in [-0.15, -0.1) is 0 Å². The van der Waals surface area contributed by atoms with Crippen LogP contribution in [0.5, 0.6) is 0 Å². The minimum Gasteiger partial charge on any atom is -0.309 e. The highest BCUT2D eigenvalue weighted by Crippen LogP contribution is 2.43. The van der Waals surface area contributed by atoms with E-state index in [1.807, 2.05) is 48.5 Å². The first-order valence-corrected chi connectivity index (χ1v) is 38.1. The highest BCUT2D eigenvalue weighted by molar-refractivity contribution is 6.15. The lowest BCUT2D eigenvalue weighted by Gasteiger charge is -2.12. The Morgan fingerprint density at radius 1 is 0.134 bits per heavy atom. The highest BCUT2D eigenvalue weighted by atomic mass is 15.0. The Morgan fingerprint density at radius 2 is 0.366 bits per heavy atom. The summed E-state index contributed by atoms with van der Waals surface area (Å²) in [5, 5.41) is 9.95. The highest BCUT2D eigenvalue weighted by Gasteiger charge is 2.21. The molecule has 7 nitrogen and oxygen atoms in total. The molecule has 0 atom stereocenters. The predicted octanol–water partition coefficient (Wildman–Crippen LogP) is 27.3. The summed E-state index contributed by atoms with van der Waals surface area (Å²) in [6.45, 7) is 0. The summed E-state index contributed by atoms with van der Waals surface area (Å²) in [6, 6.07) is 149. The summed E-state index contributed by atoms with van der Waals surface area (Å²) in [7, 11) is 0. The largest absolute Gasteiger partial charge is 0.309 e. The second-order valence-electron chi connectivity index (χ2n) is 28.7. The van der Waals surface area contributed by atoms with Gasteiger partial charge < -0.3 is 18.3 Å². The molecule has 0 saturated carbocycles. The molecule has 0 amide bonds. The fourth-order valence-electron chi connectivity index (χ4n) is 16.7. The van der Waals surface area contributed by atoms with Gasteiger partial charge in [-0.1, -0.05) is 279 Å². The Labute approximate surface area is 647 Å². The molecule has 6 aromatic heterocycles. The van der Waals surface area contributed by atoms with E-state index in [2.05, 4.69) is 388 Å². The normalized spacial score (nSPS) is 11.6. The minimum absolute atomic E-state index is 0.713. The van der Waals surface area contributed by atoms with Crippen LogP contribution in [0.4, 0.5) is 0 Å². The zero-order valence-corrected chi connectivity index (χ0v) is 61.0. The molecular formula is C105H69N7. The Hall–Kier alpha value is -15.1. The maximum absolute atomic E-state index is 5.09. The SMILES string of the molecule is c1ccc(-c2cc(-c3ccc(-n4c5ccccc5c5cc(-c6ccc7c(c6)c6ccccc6n7-c6ccccc6)ccc54)cc3)cc(-c3ccccc3)n2)cc1.c1ccc(-c2cc(-c3ccc(-n4c5ccccc5c5cc(-c6ccc7c(c6)c6ccccc6n7-c6ccccc6)ccc54)cc3)nc(-c3ccccc3)n2)cc1. The Morgan fingerprint density at radius 3 is 0.688 bits per heavy atom. The van der Waals surface area contributed by atoms with Gasteiger partial charge in [0.05, 0.1) is 66.9 Å². The zero-order valence-electron chi connectivity index (χ0n) is 61.0. The van der Waals surface area contributed by atoms with E-state index in [1.54, 1.807) is 0 Å². The molecule has 0 N–H and O–H groups in total.